The topological polar surface area (TPSA) is 26.0 Å². The van der Waals surface area contributed by atoms with Crippen LogP contribution in [-0.4, -0.2) is 4.98 Å². The summed E-state index contributed by atoms with van der Waals surface area (Å²) in [4.78, 5) is 4.17. The van der Waals surface area contributed by atoms with Gasteiger partial charge in [-0.1, -0.05) is 33.1 Å². The smallest absolute Gasteiger partial charge is 0.194 e. The number of aromatic nitrogens is 1. The Morgan fingerprint density at radius 3 is 2.69 bits per heavy atom. The van der Waals surface area contributed by atoms with Crippen molar-refractivity contribution in [1.82, 2.24) is 4.98 Å². The molecular weight excluding hydrogens is 162 g/mol. The van der Waals surface area contributed by atoms with Crippen LogP contribution in [0.1, 0.15) is 51.2 Å². The lowest BCUT2D eigenvalue weighted by Gasteiger charge is -1.95. The summed E-state index contributed by atoms with van der Waals surface area (Å²) in [6, 6.07) is 0. The predicted molar refractivity (Wildman–Crippen MR) is 53.7 cm³/mol. The number of hydrogen-bond acceptors (Lipinski definition) is 2. The van der Waals surface area contributed by atoms with E-state index in [2.05, 4.69) is 18.8 Å². The van der Waals surface area contributed by atoms with Crippen LogP contribution in [0.4, 0.5) is 0 Å². The molecule has 0 bridgehead atoms. The van der Waals surface area contributed by atoms with Crippen molar-refractivity contribution < 1.29 is 4.42 Å². The Morgan fingerprint density at radius 2 is 2.08 bits per heavy atom. The number of aryl methyl sites for hydroxylation is 2. The van der Waals surface area contributed by atoms with Crippen LogP contribution in [0.3, 0.4) is 0 Å². The molecule has 0 radical (unpaired) electrons. The number of nitrogens with zero attached hydrogens (tertiary/aromatic N) is 1. The average Bonchev–Trinajstić information content (AvgIpc) is 2.60. The third-order valence-electron chi connectivity index (χ3n) is 2.18. The number of rotatable bonds is 6. The number of hydrogen-bond donors (Lipinski definition) is 0. The summed E-state index contributed by atoms with van der Waals surface area (Å²) in [6.45, 7) is 4.29. The second-order valence-corrected chi connectivity index (χ2v) is 3.38. The predicted octanol–water partition coefficient (Wildman–Crippen LogP) is 3.36. The molecule has 0 saturated heterocycles. The molecule has 0 fully saturated rings. The van der Waals surface area contributed by atoms with E-state index in [1.807, 2.05) is 6.20 Å². The molecule has 1 aromatic rings. The van der Waals surface area contributed by atoms with Gasteiger partial charge in [-0.3, -0.25) is 0 Å². The molecule has 0 saturated carbocycles. The molecule has 74 valence electrons. The molecule has 1 heterocycles. The number of unbranched alkanes of at least 4 members (excludes halogenated alkanes) is 3. The first-order valence-corrected chi connectivity index (χ1v) is 5.30. The van der Waals surface area contributed by atoms with Crippen LogP contribution in [0.25, 0.3) is 0 Å². The zero-order chi connectivity index (χ0) is 9.52. The molecule has 0 N–H and O–H groups in total. The maximum absolute atomic E-state index is 5.50. The van der Waals surface area contributed by atoms with Crippen molar-refractivity contribution in [2.45, 2.75) is 52.4 Å². The maximum atomic E-state index is 5.50. The molecule has 0 aliphatic heterocycles. The lowest BCUT2D eigenvalue weighted by atomic mass is 10.1. The summed E-state index contributed by atoms with van der Waals surface area (Å²) in [5.74, 6) is 1.92. The summed E-state index contributed by atoms with van der Waals surface area (Å²) < 4.78 is 5.50. The molecule has 0 aliphatic carbocycles. The van der Waals surface area contributed by atoms with Gasteiger partial charge in [0.2, 0.25) is 0 Å². The molecule has 0 unspecified atom stereocenters. The van der Waals surface area contributed by atoms with Crippen molar-refractivity contribution in [3.8, 4) is 0 Å². The van der Waals surface area contributed by atoms with Crippen molar-refractivity contribution in [3.63, 3.8) is 0 Å². The molecule has 2 heteroatoms. The SMILES string of the molecule is CCCCCCc1cnc(CC)o1. The molecule has 0 aliphatic rings. The van der Waals surface area contributed by atoms with E-state index >= 15 is 0 Å². The van der Waals surface area contributed by atoms with Gasteiger partial charge < -0.3 is 4.42 Å². The highest BCUT2D eigenvalue weighted by Gasteiger charge is 2.00. The Morgan fingerprint density at radius 1 is 1.23 bits per heavy atom. The molecule has 1 rings (SSSR count). The van der Waals surface area contributed by atoms with Crippen LogP contribution >= 0.6 is 0 Å². The Kier molecular flexibility index (Phi) is 4.58. The van der Waals surface area contributed by atoms with E-state index in [0.29, 0.717) is 0 Å². The Balaban J connectivity index is 2.20. The zero-order valence-electron chi connectivity index (χ0n) is 8.68. The third-order valence-corrected chi connectivity index (χ3v) is 2.18. The van der Waals surface area contributed by atoms with Gasteiger partial charge in [-0.15, -0.1) is 0 Å². The van der Waals surface area contributed by atoms with Crippen LogP contribution in [0.15, 0.2) is 10.6 Å². The van der Waals surface area contributed by atoms with E-state index in [1.165, 1.54) is 25.7 Å². The van der Waals surface area contributed by atoms with Gasteiger partial charge in [0.1, 0.15) is 5.76 Å². The first kappa shape index (κ1) is 10.3. The standard InChI is InChI=1S/C11H19NO/c1-3-5-6-7-8-10-9-12-11(4-2)13-10/h9H,3-8H2,1-2H3. The minimum Gasteiger partial charge on any atom is -0.446 e. The minimum atomic E-state index is 0.866. The van der Waals surface area contributed by atoms with Crippen LogP contribution < -0.4 is 0 Å². The van der Waals surface area contributed by atoms with Crippen molar-refractivity contribution in [1.29, 1.82) is 0 Å². The van der Waals surface area contributed by atoms with E-state index < -0.39 is 0 Å². The summed E-state index contributed by atoms with van der Waals surface area (Å²) in [7, 11) is 0. The Labute approximate surface area is 80.4 Å². The van der Waals surface area contributed by atoms with Gasteiger partial charge in [0, 0.05) is 12.8 Å². The first-order chi connectivity index (χ1) is 6.36. The van der Waals surface area contributed by atoms with E-state index in [1.54, 1.807) is 0 Å². The fourth-order valence-electron chi connectivity index (χ4n) is 1.35. The largest absolute Gasteiger partial charge is 0.446 e. The van der Waals surface area contributed by atoms with Gasteiger partial charge in [-0.05, 0) is 6.42 Å². The van der Waals surface area contributed by atoms with Crippen molar-refractivity contribution in [3.05, 3.63) is 17.8 Å². The van der Waals surface area contributed by atoms with Crippen LogP contribution in [0, 0.1) is 0 Å². The average molecular weight is 181 g/mol. The molecule has 0 atom stereocenters. The minimum absolute atomic E-state index is 0.866. The van der Waals surface area contributed by atoms with Gasteiger partial charge in [0.25, 0.3) is 0 Å². The van der Waals surface area contributed by atoms with Crippen molar-refractivity contribution in [2.24, 2.45) is 0 Å². The Hall–Kier alpha value is -0.790. The van der Waals surface area contributed by atoms with Crippen LogP contribution in [0.2, 0.25) is 0 Å². The van der Waals surface area contributed by atoms with Gasteiger partial charge in [-0.25, -0.2) is 4.98 Å². The van der Waals surface area contributed by atoms with Crippen LogP contribution in [0.5, 0.6) is 0 Å². The van der Waals surface area contributed by atoms with E-state index in [4.69, 9.17) is 4.42 Å². The highest BCUT2D eigenvalue weighted by molar-refractivity contribution is 4.93. The summed E-state index contributed by atoms with van der Waals surface area (Å²) in [5.41, 5.74) is 0. The summed E-state index contributed by atoms with van der Waals surface area (Å²) in [6.07, 6.45) is 8.96. The second-order valence-electron chi connectivity index (χ2n) is 3.38. The highest BCUT2D eigenvalue weighted by atomic mass is 16.4. The lowest BCUT2D eigenvalue weighted by Crippen LogP contribution is -1.82. The first-order valence-electron chi connectivity index (χ1n) is 5.30. The monoisotopic (exact) mass is 181 g/mol. The van der Waals surface area contributed by atoms with Crippen LogP contribution in [-0.2, 0) is 12.8 Å². The maximum Gasteiger partial charge on any atom is 0.194 e. The molecule has 13 heavy (non-hydrogen) atoms. The summed E-state index contributed by atoms with van der Waals surface area (Å²) >= 11 is 0. The van der Waals surface area contributed by atoms with Gasteiger partial charge in [-0.2, -0.15) is 0 Å². The molecule has 1 aromatic heterocycles. The third kappa shape index (κ3) is 3.62. The Bertz CT molecular complexity index is 230. The molecule has 2 nitrogen and oxygen atoms in total. The molecule has 0 spiro atoms. The fourth-order valence-corrected chi connectivity index (χ4v) is 1.35. The summed E-state index contributed by atoms with van der Waals surface area (Å²) in [5, 5.41) is 0. The molecular formula is C11H19NO. The van der Waals surface area contributed by atoms with E-state index in [-0.39, 0.29) is 0 Å². The van der Waals surface area contributed by atoms with Gasteiger partial charge >= 0.3 is 0 Å². The van der Waals surface area contributed by atoms with Crippen molar-refractivity contribution in [2.75, 3.05) is 0 Å². The normalized spacial score (nSPS) is 10.6. The zero-order valence-corrected chi connectivity index (χ0v) is 8.68. The molecule has 0 amide bonds. The number of oxazole rings is 1. The molecule has 0 aromatic carbocycles. The fraction of sp³-hybridized carbons (Fsp3) is 0.727. The van der Waals surface area contributed by atoms with Gasteiger partial charge in [0.15, 0.2) is 5.89 Å². The van der Waals surface area contributed by atoms with E-state index in [0.717, 1.165) is 24.5 Å². The van der Waals surface area contributed by atoms with E-state index in [9.17, 15) is 0 Å². The second kappa shape index (κ2) is 5.79. The van der Waals surface area contributed by atoms with Crippen molar-refractivity contribution >= 4 is 0 Å². The van der Waals surface area contributed by atoms with Gasteiger partial charge in [0.05, 0.1) is 6.20 Å². The highest BCUT2D eigenvalue weighted by Crippen LogP contribution is 2.09. The quantitative estimate of drug-likeness (QED) is 0.629. The lowest BCUT2D eigenvalue weighted by molar-refractivity contribution is 0.451.